The predicted molar refractivity (Wildman–Crippen MR) is 92.5 cm³/mol. The fourth-order valence-corrected chi connectivity index (χ4v) is 4.00. The van der Waals surface area contributed by atoms with Crippen LogP contribution in [-0.2, 0) is 28.6 Å². The van der Waals surface area contributed by atoms with E-state index in [0.29, 0.717) is 25.7 Å². The number of rotatable bonds is 7. The number of methoxy groups -OCH3 is 2. The molecule has 1 N–H and O–H groups in total. The van der Waals surface area contributed by atoms with Crippen LogP contribution in [0.15, 0.2) is 12.7 Å². The molecular formula is C18H28N2O6. The lowest BCUT2D eigenvalue weighted by Crippen LogP contribution is -2.60. The van der Waals surface area contributed by atoms with Gasteiger partial charge in [-0.05, 0) is 33.1 Å². The summed E-state index contributed by atoms with van der Waals surface area (Å²) in [5, 5.41) is 1.13. The first-order valence-corrected chi connectivity index (χ1v) is 8.86. The van der Waals surface area contributed by atoms with Crippen molar-refractivity contribution in [3.05, 3.63) is 12.7 Å². The molecule has 8 heteroatoms. The van der Waals surface area contributed by atoms with Crippen LogP contribution in [-0.4, -0.2) is 54.4 Å². The van der Waals surface area contributed by atoms with E-state index in [9.17, 15) is 14.4 Å². The molecule has 1 heterocycles. The highest BCUT2D eigenvalue weighted by Gasteiger charge is 2.72. The van der Waals surface area contributed by atoms with Crippen molar-refractivity contribution in [2.75, 3.05) is 14.2 Å². The van der Waals surface area contributed by atoms with Gasteiger partial charge in [0.2, 0.25) is 5.91 Å². The van der Waals surface area contributed by atoms with E-state index < -0.39 is 29.1 Å². The molecule has 0 radical (unpaired) electrons. The highest BCUT2D eigenvalue weighted by atomic mass is 16.6. The fourth-order valence-electron chi connectivity index (χ4n) is 4.00. The molecule has 2 fully saturated rings. The lowest BCUT2D eigenvalue weighted by atomic mass is 9.81. The van der Waals surface area contributed by atoms with E-state index in [-0.39, 0.29) is 18.4 Å². The maximum atomic E-state index is 12.9. The van der Waals surface area contributed by atoms with Crippen molar-refractivity contribution in [1.29, 1.82) is 0 Å². The smallest absolute Gasteiger partial charge is 0.361 e. The number of hydrogen-bond acceptors (Lipinski definition) is 7. The molecule has 0 aromatic carbocycles. The Morgan fingerprint density at radius 2 is 2.00 bits per heavy atom. The molecule has 2 aliphatic rings. The molecule has 146 valence electrons. The number of nitrogens with zero attached hydrogens (tertiary/aromatic N) is 1. The maximum absolute atomic E-state index is 12.9. The molecule has 1 saturated heterocycles. The molecule has 0 bridgehead atoms. The van der Waals surface area contributed by atoms with E-state index >= 15 is 0 Å². The second-order valence-electron chi connectivity index (χ2n) is 6.93. The lowest BCUT2D eigenvalue weighted by molar-refractivity contribution is -0.204. The summed E-state index contributed by atoms with van der Waals surface area (Å²) in [5.74, 6) is -2.18. The van der Waals surface area contributed by atoms with E-state index in [4.69, 9.17) is 14.2 Å². The summed E-state index contributed by atoms with van der Waals surface area (Å²) < 4.78 is 16.0. The van der Waals surface area contributed by atoms with Gasteiger partial charge < -0.3 is 14.2 Å². The van der Waals surface area contributed by atoms with Gasteiger partial charge in [0.15, 0.2) is 0 Å². The number of hydrogen-bond donors (Lipinski definition) is 1. The molecule has 1 saturated carbocycles. The number of amides is 1. The molecule has 0 aromatic rings. The second-order valence-corrected chi connectivity index (χ2v) is 6.93. The zero-order valence-electron chi connectivity index (χ0n) is 15.9. The van der Waals surface area contributed by atoms with E-state index in [1.54, 1.807) is 19.9 Å². The zero-order chi connectivity index (χ0) is 19.5. The molecule has 8 nitrogen and oxygen atoms in total. The maximum Gasteiger partial charge on any atom is 0.361 e. The van der Waals surface area contributed by atoms with E-state index in [2.05, 4.69) is 12.0 Å². The molecule has 1 aliphatic heterocycles. The predicted octanol–water partition coefficient (Wildman–Crippen LogP) is 1.31. The Morgan fingerprint density at radius 3 is 2.54 bits per heavy atom. The Labute approximate surface area is 153 Å². The Balaban J connectivity index is 2.50. The topological polar surface area (TPSA) is 94.2 Å². The Bertz CT molecular complexity index is 592. The first-order valence-electron chi connectivity index (χ1n) is 8.86. The van der Waals surface area contributed by atoms with Gasteiger partial charge in [0, 0.05) is 13.5 Å². The number of esters is 2. The number of carbonyl (C=O) groups is 3. The van der Waals surface area contributed by atoms with Gasteiger partial charge in [0.25, 0.3) is 5.72 Å². The number of nitrogens with one attached hydrogen (secondary N) is 1. The number of ether oxygens (including phenoxy) is 3. The summed E-state index contributed by atoms with van der Waals surface area (Å²) >= 11 is 0. The first-order chi connectivity index (χ1) is 12.3. The van der Waals surface area contributed by atoms with Gasteiger partial charge in [-0.2, -0.15) is 0 Å². The van der Waals surface area contributed by atoms with Crippen molar-refractivity contribution in [2.24, 2.45) is 5.92 Å². The molecule has 0 spiro atoms. The molecule has 2 rings (SSSR count). The average molecular weight is 368 g/mol. The molecule has 1 aliphatic carbocycles. The average Bonchev–Trinajstić information content (AvgIpc) is 3.15. The van der Waals surface area contributed by atoms with Gasteiger partial charge in [-0.3, -0.25) is 4.79 Å². The van der Waals surface area contributed by atoms with Crippen molar-refractivity contribution < 1.29 is 28.6 Å². The minimum Gasteiger partial charge on any atom is -0.465 e. The second kappa shape index (κ2) is 7.75. The van der Waals surface area contributed by atoms with Crippen molar-refractivity contribution in [2.45, 2.75) is 63.3 Å². The Hall–Kier alpha value is -1.93. The van der Waals surface area contributed by atoms with Crippen LogP contribution in [0.1, 0.15) is 46.0 Å². The standard InChI is InChI=1S/C18H28N2O6/c1-6-7-10-14(21)20-18(25-5,16(23)24-4)13-9-8-11-17(13,19-20)15(22)26-12(2)3/h6,12-13,19H,1,7-11H2,2-5H3/t13-,17+,18+/m0/s1. The van der Waals surface area contributed by atoms with Gasteiger partial charge in [-0.15, -0.1) is 6.58 Å². The third-order valence-corrected chi connectivity index (χ3v) is 5.08. The zero-order valence-corrected chi connectivity index (χ0v) is 15.9. The largest absolute Gasteiger partial charge is 0.465 e. The summed E-state index contributed by atoms with van der Waals surface area (Å²) in [4.78, 5) is 38.4. The molecule has 0 unspecified atom stereocenters. The monoisotopic (exact) mass is 368 g/mol. The first kappa shape index (κ1) is 20.4. The minimum absolute atomic E-state index is 0.126. The van der Waals surface area contributed by atoms with Gasteiger partial charge in [0.1, 0.15) is 5.54 Å². The number of fused-ring (bicyclic) bond motifs is 1. The molecule has 0 aromatic heterocycles. The lowest BCUT2D eigenvalue weighted by Gasteiger charge is -2.36. The van der Waals surface area contributed by atoms with E-state index in [0.717, 1.165) is 5.01 Å². The quantitative estimate of drug-likeness (QED) is 0.535. The third kappa shape index (κ3) is 3.01. The molecular weight excluding hydrogens is 340 g/mol. The van der Waals surface area contributed by atoms with Crippen molar-refractivity contribution in [3.8, 4) is 0 Å². The van der Waals surface area contributed by atoms with Crippen LogP contribution in [0.3, 0.4) is 0 Å². The fraction of sp³-hybridized carbons (Fsp3) is 0.722. The van der Waals surface area contributed by atoms with Gasteiger partial charge in [0.05, 0.1) is 19.1 Å². The Morgan fingerprint density at radius 1 is 1.31 bits per heavy atom. The summed E-state index contributed by atoms with van der Waals surface area (Å²) in [6, 6.07) is 0. The number of allylic oxidation sites excluding steroid dienone is 1. The summed E-state index contributed by atoms with van der Waals surface area (Å²) in [5.41, 5.74) is 0.0815. The molecule has 26 heavy (non-hydrogen) atoms. The van der Waals surface area contributed by atoms with Crippen LogP contribution >= 0.6 is 0 Å². The van der Waals surface area contributed by atoms with Crippen LogP contribution in [0.2, 0.25) is 0 Å². The van der Waals surface area contributed by atoms with Gasteiger partial charge in [-0.1, -0.05) is 12.5 Å². The summed E-state index contributed by atoms with van der Waals surface area (Å²) in [7, 11) is 2.57. The highest BCUT2D eigenvalue weighted by molar-refractivity contribution is 5.92. The number of carbonyl (C=O) groups excluding carboxylic acids is 3. The molecule has 3 atom stereocenters. The molecule has 1 amide bonds. The van der Waals surface area contributed by atoms with Crippen LogP contribution < -0.4 is 5.43 Å². The van der Waals surface area contributed by atoms with Crippen LogP contribution in [0.4, 0.5) is 0 Å². The van der Waals surface area contributed by atoms with Crippen LogP contribution in [0, 0.1) is 5.92 Å². The number of hydrazine groups is 1. The van der Waals surface area contributed by atoms with Crippen LogP contribution in [0.5, 0.6) is 0 Å². The van der Waals surface area contributed by atoms with Crippen molar-refractivity contribution >= 4 is 17.8 Å². The SMILES string of the molecule is C=CCCC(=O)N1N[C@]2(C(=O)OC(C)C)CCC[C@@H]2[C@@]1(OC)C(=O)OC. The third-order valence-electron chi connectivity index (χ3n) is 5.08. The van der Waals surface area contributed by atoms with Crippen LogP contribution in [0.25, 0.3) is 0 Å². The summed E-state index contributed by atoms with van der Waals surface area (Å²) in [6.45, 7) is 7.12. The Kier molecular flexibility index (Phi) is 6.08. The van der Waals surface area contributed by atoms with E-state index in [1.807, 2.05) is 0 Å². The van der Waals surface area contributed by atoms with Crippen molar-refractivity contribution in [3.63, 3.8) is 0 Å². The van der Waals surface area contributed by atoms with Crippen molar-refractivity contribution in [1.82, 2.24) is 10.4 Å². The summed E-state index contributed by atoms with van der Waals surface area (Å²) in [6.07, 6.45) is 3.52. The van der Waals surface area contributed by atoms with E-state index in [1.165, 1.54) is 14.2 Å². The van der Waals surface area contributed by atoms with Gasteiger partial charge >= 0.3 is 11.9 Å². The highest BCUT2D eigenvalue weighted by Crippen LogP contribution is 2.51. The normalized spacial score (nSPS) is 30.2. The minimum atomic E-state index is -1.71. The van der Waals surface area contributed by atoms with Gasteiger partial charge in [-0.25, -0.2) is 20.0 Å².